The van der Waals surface area contributed by atoms with E-state index in [9.17, 15) is 13.2 Å². The second-order valence-corrected chi connectivity index (χ2v) is 10.3. The Morgan fingerprint density at radius 2 is 1.74 bits per heavy atom. The van der Waals surface area contributed by atoms with E-state index in [0.717, 1.165) is 59.8 Å². The number of rotatable bonds is 9. The number of benzene rings is 2. The van der Waals surface area contributed by atoms with Gasteiger partial charge in [-0.05, 0) is 53.3 Å². The first-order valence-corrected chi connectivity index (χ1v) is 13.0. The lowest BCUT2D eigenvalue weighted by atomic mass is 9.88. The summed E-state index contributed by atoms with van der Waals surface area (Å²) in [5, 5.41) is 0. The molecule has 0 atom stereocenters. The molecule has 7 heteroatoms. The molecule has 2 saturated heterocycles. The van der Waals surface area contributed by atoms with E-state index in [1.165, 1.54) is 12.1 Å². The molecule has 0 amide bonds. The van der Waals surface area contributed by atoms with E-state index in [2.05, 4.69) is 42.7 Å². The Kier molecular flexibility index (Phi) is 7.95. The number of hydrogen-bond acceptors (Lipinski definition) is 4. The molecule has 0 aromatic heterocycles. The van der Waals surface area contributed by atoms with Gasteiger partial charge in [0.1, 0.15) is 5.60 Å². The molecule has 0 radical (unpaired) electrons. The van der Waals surface area contributed by atoms with Crippen LogP contribution in [0, 0.1) is 0 Å². The van der Waals surface area contributed by atoms with Gasteiger partial charge in [-0.15, -0.1) is 0 Å². The third-order valence-electron chi connectivity index (χ3n) is 6.81. The Bertz CT molecular complexity index is 947. The van der Waals surface area contributed by atoms with Gasteiger partial charge in [-0.25, -0.2) is 0 Å². The largest absolute Gasteiger partial charge is 0.416 e. The number of nitrogens with zero attached hydrogens (tertiary/aromatic N) is 1. The maximum Gasteiger partial charge on any atom is 0.416 e. The van der Waals surface area contributed by atoms with Crippen LogP contribution in [0.25, 0.3) is 5.70 Å². The third-order valence-corrected chi connectivity index (χ3v) is 7.67. The quantitative estimate of drug-likeness (QED) is 0.371. The van der Waals surface area contributed by atoms with E-state index in [4.69, 9.17) is 9.47 Å². The smallest absolute Gasteiger partial charge is 0.375 e. The fourth-order valence-corrected chi connectivity index (χ4v) is 5.13. The van der Waals surface area contributed by atoms with Crippen LogP contribution in [0.3, 0.4) is 0 Å². The zero-order valence-electron chi connectivity index (χ0n) is 19.6. The van der Waals surface area contributed by atoms with Crippen LogP contribution in [-0.2, 0) is 21.3 Å². The molecule has 2 aliphatic rings. The van der Waals surface area contributed by atoms with Crippen LogP contribution in [0.2, 0.25) is 0 Å². The molecule has 2 aromatic rings. The van der Waals surface area contributed by atoms with Gasteiger partial charge in [0.05, 0.1) is 25.4 Å². The number of hydrogen-bond donors (Lipinski definition) is 0. The van der Waals surface area contributed by atoms with Crippen molar-refractivity contribution >= 4 is 17.5 Å². The average molecular weight is 492 g/mol. The predicted octanol–water partition coefficient (Wildman–Crippen LogP) is 6.55. The topological polar surface area (TPSA) is 21.7 Å². The number of thioether (sulfide) groups is 1. The molecule has 0 bridgehead atoms. The molecule has 34 heavy (non-hydrogen) atoms. The van der Waals surface area contributed by atoms with Gasteiger partial charge in [-0.3, -0.25) is 0 Å². The average Bonchev–Trinajstić information content (AvgIpc) is 2.82. The fraction of sp³-hybridized carbons (Fsp3) is 0.481. The minimum absolute atomic E-state index is 0.273. The van der Waals surface area contributed by atoms with Crippen molar-refractivity contribution in [3.8, 4) is 0 Å². The molecule has 0 saturated carbocycles. The SMILES string of the molecule is C=C(c1ccc(C2(OCCSCC)COC2)cc1)N1CCC(c2ccc(C(F)(F)F)cc2)CC1. The predicted molar refractivity (Wildman–Crippen MR) is 132 cm³/mol. The molecule has 0 spiro atoms. The Hall–Kier alpha value is -1.96. The molecule has 2 fully saturated rings. The van der Waals surface area contributed by atoms with Crippen LogP contribution in [0.15, 0.2) is 55.1 Å². The van der Waals surface area contributed by atoms with Gasteiger partial charge in [0, 0.05) is 24.5 Å². The van der Waals surface area contributed by atoms with Gasteiger partial charge in [-0.1, -0.05) is 49.9 Å². The van der Waals surface area contributed by atoms with Crippen molar-refractivity contribution in [2.24, 2.45) is 0 Å². The van der Waals surface area contributed by atoms with Crippen LogP contribution < -0.4 is 0 Å². The molecule has 2 heterocycles. The van der Waals surface area contributed by atoms with Gasteiger partial charge in [0.2, 0.25) is 0 Å². The van der Waals surface area contributed by atoms with Crippen LogP contribution in [0.5, 0.6) is 0 Å². The maximum atomic E-state index is 12.8. The molecule has 0 N–H and O–H groups in total. The summed E-state index contributed by atoms with van der Waals surface area (Å²) in [6.45, 7) is 10.0. The summed E-state index contributed by atoms with van der Waals surface area (Å²) in [5.41, 5.74) is 3.25. The van der Waals surface area contributed by atoms with Crippen molar-refractivity contribution in [2.45, 2.75) is 37.5 Å². The summed E-state index contributed by atoms with van der Waals surface area (Å²) in [5.74, 6) is 2.34. The second-order valence-electron chi connectivity index (χ2n) is 8.94. The number of alkyl halides is 3. The monoisotopic (exact) mass is 491 g/mol. The highest BCUT2D eigenvalue weighted by Crippen LogP contribution is 2.36. The molecule has 2 aliphatic heterocycles. The standard InChI is InChI=1S/C27H32F3NO2S/c1-3-34-17-16-33-26(18-32-19-26)24-8-4-21(5-9-24)20(2)31-14-12-23(13-15-31)22-6-10-25(11-7-22)27(28,29)30/h4-11,23H,2-3,12-19H2,1H3. The third kappa shape index (κ3) is 5.64. The molecule has 3 nitrogen and oxygen atoms in total. The van der Waals surface area contributed by atoms with Gasteiger partial charge in [0.25, 0.3) is 0 Å². The highest BCUT2D eigenvalue weighted by Gasteiger charge is 2.41. The number of piperidine rings is 1. The first-order chi connectivity index (χ1) is 16.3. The van der Waals surface area contributed by atoms with Crippen molar-refractivity contribution in [3.05, 3.63) is 77.4 Å². The zero-order chi connectivity index (χ0) is 24.2. The number of likely N-dealkylation sites (tertiary alicyclic amines) is 1. The molecular weight excluding hydrogens is 459 g/mol. The Balaban J connectivity index is 1.32. The van der Waals surface area contributed by atoms with Crippen molar-refractivity contribution in [3.63, 3.8) is 0 Å². The molecular formula is C27H32F3NO2S. The molecule has 184 valence electrons. The first-order valence-electron chi connectivity index (χ1n) is 11.8. The van der Waals surface area contributed by atoms with Crippen molar-refractivity contribution in [1.82, 2.24) is 4.90 Å². The fourth-order valence-electron chi connectivity index (χ4n) is 4.64. The second kappa shape index (κ2) is 10.8. The zero-order valence-corrected chi connectivity index (χ0v) is 20.4. The van der Waals surface area contributed by atoms with Crippen LogP contribution in [0.1, 0.15) is 47.9 Å². The number of ether oxygens (including phenoxy) is 2. The van der Waals surface area contributed by atoms with Crippen LogP contribution in [0.4, 0.5) is 13.2 Å². The van der Waals surface area contributed by atoms with E-state index in [1.54, 1.807) is 12.1 Å². The molecule has 2 aromatic carbocycles. The summed E-state index contributed by atoms with van der Waals surface area (Å²) >= 11 is 1.87. The van der Waals surface area contributed by atoms with E-state index in [1.807, 2.05) is 11.8 Å². The Morgan fingerprint density at radius 3 is 2.26 bits per heavy atom. The summed E-state index contributed by atoms with van der Waals surface area (Å²) in [7, 11) is 0. The summed E-state index contributed by atoms with van der Waals surface area (Å²) in [6.07, 6.45) is -2.50. The summed E-state index contributed by atoms with van der Waals surface area (Å²) < 4.78 is 50.2. The molecule has 0 aliphatic carbocycles. The molecule has 4 rings (SSSR count). The van der Waals surface area contributed by atoms with Gasteiger partial charge >= 0.3 is 6.18 Å². The minimum Gasteiger partial charge on any atom is -0.375 e. The van der Waals surface area contributed by atoms with E-state index in [0.29, 0.717) is 19.8 Å². The molecule has 0 unspecified atom stereocenters. The van der Waals surface area contributed by atoms with Gasteiger partial charge in [-0.2, -0.15) is 24.9 Å². The van der Waals surface area contributed by atoms with Crippen molar-refractivity contribution < 1.29 is 22.6 Å². The van der Waals surface area contributed by atoms with Crippen molar-refractivity contribution in [1.29, 1.82) is 0 Å². The summed E-state index contributed by atoms with van der Waals surface area (Å²) in [4.78, 5) is 2.27. The Morgan fingerprint density at radius 1 is 1.09 bits per heavy atom. The minimum atomic E-state index is -4.29. The van der Waals surface area contributed by atoms with E-state index < -0.39 is 11.7 Å². The first kappa shape index (κ1) is 25.1. The van der Waals surface area contributed by atoms with Crippen molar-refractivity contribution in [2.75, 3.05) is 44.4 Å². The van der Waals surface area contributed by atoms with Gasteiger partial charge < -0.3 is 14.4 Å². The lowest BCUT2D eigenvalue weighted by Gasteiger charge is -2.41. The normalized spacial score (nSPS) is 18.5. The lowest BCUT2D eigenvalue weighted by Crippen LogP contribution is -2.49. The van der Waals surface area contributed by atoms with Gasteiger partial charge in [0.15, 0.2) is 0 Å². The number of halogens is 3. The van der Waals surface area contributed by atoms with E-state index >= 15 is 0 Å². The maximum absolute atomic E-state index is 12.8. The summed E-state index contributed by atoms with van der Waals surface area (Å²) in [6, 6.07) is 14.1. The van der Waals surface area contributed by atoms with E-state index in [-0.39, 0.29) is 11.5 Å². The highest BCUT2D eigenvalue weighted by molar-refractivity contribution is 7.99. The van der Waals surface area contributed by atoms with Crippen LogP contribution in [-0.4, -0.2) is 49.3 Å². The Labute approximate surface area is 204 Å². The lowest BCUT2D eigenvalue weighted by molar-refractivity contribution is -0.214. The highest BCUT2D eigenvalue weighted by atomic mass is 32.2. The van der Waals surface area contributed by atoms with Crippen LogP contribution >= 0.6 is 11.8 Å².